The quantitative estimate of drug-likeness (QED) is 0.394. The fraction of sp³-hybridized carbons (Fsp3) is 0.647. The van der Waals surface area contributed by atoms with Gasteiger partial charge >= 0.3 is 0 Å². The van der Waals surface area contributed by atoms with Gasteiger partial charge < -0.3 is 15.5 Å². The highest BCUT2D eigenvalue weighted by atomic mass is 15.2. The Morgan fingerprint density at radius 1 is 1.14 bits per heavy atom. The van der Waals surface area contributed by atoms with Crippen LogP contribution < -0.4 is 10.6 Å². The van der Waals surface area contributed by atoms with E-state index in [9.17, 15) is 0 Å². The van der Waals surface area contributed by atoms with Gasteiger partial charge in [0.25, 0.3) is 0 Å². The van der Waals surface area contributed by atoms with Crippen molar-refractivity contribution in [3.05, 3.63) is 30.1 Å². The number of nitrogens with zero attached hydrogens (tertiary/aromatic N) is 3. The van der Waals surface area contributed by atoms with E-state index in [1.54, 1.807) is 0 Å². The summed E-state index contributed by atoms with van der Waals surface area (Å²) < 4.78 is 0. The fourth-order valence-corrected chi connectivity index (χ4v) is 2.28. The monoisotopic (exact) mass is 305 g/mol. The van der Waals surface area contributed by atoms with Crippen LogP contribution in [-0.4, -0.2) is 55.6 Å². The lowest BCUT2D eigenvalue weighted by molar-refractivity contribution is 0.297. The highest BCUT2D eigenvalue weighted by molar-refractivity contribution is 5.79. The molecule has 5 nitrogen and oxygen atoms in total. The molecule has 124 valence electrons. The van der Waals surface area contributed by atoms with E-state index in [4.69, 9.17) is 0 Å². The third kappa shape index (κ3) is 7.98. The molecule has 0 atom stereocenters. The van der Waals surface area contributed by atoms with Crippen LogP contribution in [0.5, 0.6) is 0 Å². The molecule has 0 radical (unpaired) electrons. The summed E-state index contributed by atoms with van der Waals surface area (Å²) in [6.07, 6.45) is 5.12. The summed E-state index contributed by atoms with van der Waals surface area (Å²) in [6.45, 7) is 9.70. The zero-order valence-corrected chi connectivity index (χ0v) is 14.3. The Morgan fingerprint density at radius 2 is 1.91 bits per heavy atom. The second-order valence-electron chi connectivity index (χ2n) is 5.23. The van der Waals surface area contributed by atoms with Crippen LogP contribution in [0.15, 0.2) is 29.4 Å². The summed E-state index contributed by atoms with van der Waals surface area (Å²) in [7, 11) is 1.81. The van der Waals surface area contributed by atoms with Gasteiger partial charge in [0.2, 0.25) is 0 Å². The first-order valence-electron chi connectivity index (χ1n) is 8.36. The number of hydrogen-bond donors (Lipinski definition) is 2. The maximum absolute atomic E-state index is 4.32. The summed E-state index contributed by atoms with van der Waals surface area (Å²) in [4.78, 5) is 11.0. The normalized spacial score (nSPS) is 11.7. The molecule has 0 saturated heterocycles. The molecular formula is C17H31N5. The number of aliphatic imine (C=N–C) groups is 1. The van der Waals surface area contributed by atoms with Crippen molar-refractivity contribution in [3.63, 3.8) is 0 Å². The molecule has 2 N–H and O–H groups in total. The molecule has 0 aromatic carbocycles. The molecule has 0 fully saturated rings. The lowest BCUT2D eigenvalue weighted by Crippen LogP contribution is -2.39. The molecule has 0 amide bonds. The zero-order chi connectivity index (χ0) is 16.0. The van der Waals surface area contributed by atoms with Gasteiger partial charge in [-0.05, 0) is 44.6 Å². The van der Waals surface area contributed by atoms with Gasteiger partial charge in [0.15, 0.2) is 5.96 Å². The first-order chi connectivity index (χ1) is 10.8. The lowest BCUT2D eigenvalue weighted by atomic mass is 10.3. The molecule has 0 saturated carbocycles. The minimum absolute atomic E-state index is 0.843. The Morgan fingerprint density at radius 3 is 2.55 bits per heavy atom. The fourth-order valence-electron chi connectivity index (χ4n) is 2.28. The van der Waals surface area contributed by atoms with Gasteiger partial charge in [0.05, 0.1) is 0 Å². The number of rotatable bonds is 10. The maximum Gasteiger partial charge on any atom is 0.190 e. The largest absolute Gasteiger partial charge is 0.356 e. The van der Waals surface area contributed by atoms with E-state index in [1.807, 2.05) is 31.4 Å². The molecule has 1 rings (SSSR count). The Labute approximate surface area is 135 Å². The Bertz CT molecular complexity index is 401. The Hall–Kier alpha value is -1.62. The number of guanidine groups is 1. The topological polar surface area (TPSA) is 52.5 Å². The molecular weight excluding hydrogens is 274 g/mol. The molecule has 1 aromatic heterocycles. The SMILES string of the molecule is CCN(CC)CCCCNC(=NC)NCCc1ccccn1. The third-order valence-corrected chi connectivity index (χ3v) is 3.71. The predicted octanol–water partition coefficient (Wildman–Crippen LogP) is 1.91. The van der Waals surface area contributed by atoms with Crippen LogP contribution in [0.4, 0.5) is 0 Å². The third-order valence-electron chi connectivity index (χ3n) is 3.71. The van der Waals surface area contributed by atoms with Gasteiger partial charge in [0, 0.05) is 38.4 Å². The van der Waals surface area contributed by atoms with Gasteiger partial charge in [0.1, 0.15) is 0 Å². The van der Waals surface area contributed by atoms with Crippen molar-refractivity contribution in [2.75, 3.05) is 39.8 Å². The van der Waals surface area contributed by atoms with Crippen LogP contribution in [0.25, 0.3) is 0 Å². The van der Waals surface area contributed by atoms with Crippen LogP contribution in [0.3, 0.4) is 0 Å². The van der Waals surface area contributed by atoms with Crippen molar-refractivity contribution in [3.8, 4) is 0 Å². The first kappa shape index (κ1) is 18.4. The van der Waals surface area contributed by atoms with E-state index >= 15 is 0 Å². The van der Waals surface area contributed by atoms with Crippen molar-refractivity contribution in [1.82, 2.24) is 20.5 Å². The van der Waals surface area contributed by atoms with Crippen LogP contribution in [0.2, 0.25) is 0 Å². The molecule has 0 aliphatic rings. The molecule has 0 aliphatic carbocycles. The van der Waals surface area contributed by atoms with Gasteiger partial charge in [-0.25, -0.2) is 0 Å². The van der Waals surface area contributed by atoms with Crippen LogP contribution in [0.1, 0.15) is 32.4 Å². The van der Waals surface area contributed by atoms with E-state index in [0.29, 0.717) is 0 Å². The van der Waals surface area contributed by atoms with Crippen LogP contribution >= 0.6 is 0 Å². The number of unbranched alkanes of at least 4 members (excludes halogenated alkanes) is 1. The number of hydrogen-bond acceptors (Lipinski definition) is 3. The average Bonchev–Trinajstić information content (AvgIpc) is 2.57. The van der Waals surface area contributed by atoms with Crippen molar-refractivity contribution in [2.45, 2.75) is 33.1 Å². The molecule has 0 bridgehead atoms. The predicted molar refractivity (Wildman–Crippen MR) is 94.3 cm³/mol. The number of pyridine rings is 1. The van der Waals surface area contributed by atoms with Crippen molar-refractivity contribution < 1.29 is 0 Å². The van der Waals surface area contributed by atoms with E-state index in [0.717, 1.165) is 50.7 Å². The second kappa shape index (κ2) is 12.0. The summed E-state index contributed by atoms with van der Waals surface area (Å²) in [5, 5.41) is 6.69. The molecule has 1 heterocycles. The summed E-state index contributed by atoms with van der Waals surface area (Å²) >= 11 is 0. The number of aromatic nitrogens is 1. The van der Waals surface area contributed by atoms with E-state index in [2.05, 4.69) is 39.4 Å². The molecule has 22 heavy (non-hydrogen) atoms. The molecule has 5 heteroatoms. The van der Waals surface area contributed by atoms with Crippen LogP contribution in [0, 0.1) is 0 Å². The highest BCUT2D eigenvalue weighted by Gasteiger charge is 2.00. The lowest BCUT2D eigenvalue weighted by Gasteiger charge is -2.18. The summed E-state index contributed by atoms with van der Waals surface area (Å²) in [5.74, 6) is 0.874. The first-order valence-corrected chi connectivity index (χ1v) is 8.36. The molecule has 0 unspecified atom stereocenters. The minimum Gasteiger partial charge on any atom is -0.356 e. The van der Waals surface area contributed by atoms with Crippen molar-refractivity contribution >= 4 is 5.96 Å². The average molecular weight is 305 g/mol. The van der Waals surface area contributed by atoms with Crippen LogP contribution in [-0.2, 0) is 6.42 Å². The Kier molecular flexibility index (Phi) is 10.0. The van der Waals surface area contributed by atoms with Gasteiger partial charge in [-0.15, -0.1) is 0 Å². The standard InChI is InChI=1S/C17H31N5/c1-4-22(5-2)15-9-8-13-20-17(18-3)21-14-11-16-10-6-7-12-19-16/h6-7,10,12H,4-5,8-9,11,13-15H2,1-3H3,(H2,18,20,21). The molecule has 0 spiro atoms. The highest BCUT2D eigenvalue weighted by Crippen LogP contribution is 1.94. The summed E-state index contributed by atoms with van der Waals surface area (Å²) in [5.41, 5.74) is 1.10. The second-order valence-corrected chi connectivity index (χ2v) is 5.23. The van der Waals surface area contributed by atoms with Gasteiger partial charge in [-0.2, -0.15) is 0 Å². The van der Waals surface area contributed by atoms with E-state index in [-0.39, 0.29) is 0 Å². The molecule has 0 aliphatic heterocycles. The van der Waals surface area contributed by atoms with E-state index in [1.165, 1.54) is 13.0 Å². The molecule has 1 aromatic rings. The summed E-state index contributed by atoms with van der Waals surface area (Å²) in [6, 6.07) is 6.01. The van der Waals surface area contributed by atoms with Crippen molar-refractivity contribution in [2.24, 2.45) is 4.99 Å². The smallest absolute Gasteiger partial charge is 0.190 e. The van der Waals surface area contributed by atoms with Gasteiger partial charge in [-0.3, -0.25) is 9.98 Å². The van der Waals surface area contributed by atoms with Gasteiger partial charge in [-0.1, -0.05) is 19.9 Å². The Balaban J connectivity index is 2.10. The van der Waals surface area contributed by atoms with Crippen molar-refractivity contribution in [1.29, 1.82) is 0 Å². The number of nitrogens with one attached hydrogen (secondary N) is 2. The maximum atomic E-state index is 4.32. The minimum atomic E-state index is 0.843. The zero-order valence-electron chi connectivity index (χ0n) is 14.3. The van der Waals surface area contributed by atoms with E-state index < -0.39 is 0 Å².